The van der Waals surface area contributed by atoms with E-state index in [0.29, 0.717) is 39.1 Å². The van der Waals surface area contributed by atoms with Crippen LogP contribution in [0.2, 0.25) is 0 Å². The molecule has 0 aliphatic carbocycles. The standard InChI is InChI=1S/C24H26N4O3S/c1-18-17-23(25-22-6-3-2-5-21(18)22)26-13-15-27(16-14-26)32(30,31)20-10-8-19(9-11-20)28-12-4-7-24(28)29/h2-3,5-6,8-11,17H,4,7,12-16H2,1H3. The van der Waals surface area contributed by atoms with Gasteiger partial charge in [0.1, 0.15) is 5.82 Å². The number of para-hydroxylation sites is 1. The van der Waals surface area contributed by atoms with Crippen LogP contribution in [0.25, 0.3) is 10.9 Å². The fourth-order valence-electron chi connectivity index (χ4n) is 4.52. The Morgan fingerprint density at radius 1 is 0.906 bits per heavy atom. The summed E-state index contributed by atoms with van der Waals surface area (Å²) in [6.07, 6.45) is 1.39. The van der Waals surface area contributed by atoms with Gasteiger partial charge in [-0.25, -0.2) is 13.4 Å². The van der Waals surface area contributed by atoms with E-state index in [4.69, 9.17) is 4.98 Å². The zero-order valence-corrected chi connectivity index (χ0v) is 18.9. The van der Waals surface area contributed by atoms with E-state index in [1.165, 1.54) is 4.31 Å². The largest absolute Gasteiger partial charge is 0.354 e. The molecule has 2 fully saturated rings. The van der Waals surface area contributed by atoms with Crippen molar-refractivity contribution in [2.75, 3.05) is 42.5 Å². The van der Waals surface area contributed by atoms with Crippen LogP contribution in [-0.4, -0.2) is 56.3 Å². The Labute approximate surface area is 188 Å². The van der Waals surface area contributed by atoms with E-state index < -0.39 is 10.0 Å². The van der Waals surface area contributed by atoms with Crippen LogP contribution in [0.15, 0.2) is 59.5 Å². The molecule has 3 heterocycles. The van der Waals surface area contributed by atoms with Gasteiger partial charge in [0, 0.05) is 50.2 Å². The van der Waals surface area contributed by atoms with Crippen molar-refractivity contribution in [1.29, 1.82) is 0 Å². The van der Waals surface area contributed by atoms with E-state index in [1.54, 1.807) is 29.2 Å². The van der Waals surface area contributed by atoms with E-state index in [0.717, 1.165) is 34.4 Å². The maximum absolute atomic E-state index is 13.2. The molecule has 32 heavy (non-hydrogen) atoms. The molecule has 2 aliphatic heterocycles. The number of carbonyl (C=O) groups excluding carboxylic acids is 1. The highest BCUT2D eigenvalue weighted by atomic mass is 32.2. The fourth-order valence-corrected chi connectivity index (χ4v) is 5.94. The average Bonchev–Trinajstić information content (AvgIpc) is 3.25. The van der Waals surface area contributed by atoms with Gasteiger partial charge in [0.05, 0.1) is 10.4 Å². The number of piperazine rings is 1. The molecule has 2 aliphatic rings. The number of pyridine rings is 1. The summed E-state index contributed by atoms with van der Waals surface area (Å²) in [5.74, 6) is 0.979. The monoisotopic (exact) mass is 450 g/mol. The summed E-state index contributed by atoms with van der Waals surface area (Å²) < 4.78 is 27.9. The summed E-state index contributed by atoms with van der Waals surface area (Å²) in [5, 5.41) is 1.14. The minimum Gasteiger partial charge on any atom is -0.354 e. The molecule has 0 atom stereocenters. The Morgan fingerprint density at radius 2 is 1.62 bits per heavy atom. The predicted octanol–water partition coefficient (Wildman–Crippen LogP) is 3.18. The lowest BCUT2D eigenvalue weighted by Gasteiger charge is -2.35. The van der Waals surface area contributed by atoms with E-state index >= 15 is 0 Å². The van der Waals surface area contributed by atoms with Crippen molar-refractivity contribution in [3.05, 3.63) is 60.2 Å². The number of rotatable bonds is 4. The molecule has 0 spiro atoms. The summed E-state index contributed by atoms with van der Waals surface area (Å²) in [6.45, 7) is 4.75. The Kier molecular flexibility index (Phi) is 5.35. The Balaban J connectivity index is 1.30. The van der Waals surface area contributed by atoms with Gasteiger partial charge in [-0.05, 0) is 55.3 Å². The molecule has 2 aromatic carbocycles. The van der Waals surface area contributed by atoms with E-state index in [-0.39, 0.29) is 10.8 Å². The maximum Gasteiger partial charge on any atom is 0.243 e. The van der Waals surface area contributed by atoms with Crippen LogP contribution in [0.1, 0.15) is 18.4 Å². The maximum atomic E-state index is 13.2. The Bertz CT molecular complexity index is 1270. The highest BCUT2D eigenvalue weighted by molar-refractivity contribution is 7.89. The van der Waals surface area contributed by atoms with Crippen molar-refractivity contribution in [3.8, 4) is 0 Å². The molecule has 0 unspecified atom stereocenters. The lowest BCUT2D eigenvalue weighted by molar-refractivity contribution is -0.117. The molecular formula is C24H26N4O3S. The number of aryl methyl sites for hydroxylation is 1. The molecule has 0 saturated carbocycles. The van der Waals surface area contributed by atoms with Crippen molar-refractivity contribution in [3.63, 3.8) is 0 Å². The molecule has 5 rings (SSSR count). The number of sulfonamides is 1. The average molecular weight is 451 g/mol. The second kappa shape index (κ2) is 8.18. The second-order valence-corrected chi connectivity index (χ2v) is 10.3. The van der Waals surface area contributed by atoms with Gasteiger partial charge in [-0.3, -0.25) is 4.79 Å². The second-order valence-electron chi connectivity index (χ2n) is 8.35. The normalized spacial score (nSPS) is 18.0. The number of nitrogens with zero attached hydrogens (tertiary/aromatic N) is 4. The summed E-state index contributed by atoms with van der Waals surface area (Å²) in [6, 6.07) is 16.8. The van der Waals surface area contributed by atoms with E-state index in [1.807, 2.05) is 18.2 Å². The van der Waals surface area contributed by atoms with E-state index in [2.05, 4.69) is 24.0 Å². The van der Waals surface area contributed by atoms with Crippen molar-refractivity contribution in [2.45, 2.75) is 24.7 Å². The molecule has 7 nitrogen and oxygen atoms in total. The van der Waals surface area contributed by atoms with Gasteiger partial charge in [-0.2, -0.15) is 4.31 Å². The van der Waals surface area contributed by atoms with Gasteiger partial charge < -0.3 is 9.80 Å². The third kappa shape index (κ3) is 3.73. The number of hydrogen-bond donors (Lipinski definition) is 0. The molecule has 1 aromatic heterocycles. The molecule has 1 amide bonds. The van der Waals surface area contributed by atoms with Gasteiger partial charge >= 0.3 is 0 Å². The predicted molar refractivity (Wildman–Crippen MR) is 125 cm³/mol. The first-order valence-electron chi connectivity index (χ1n) is 11.0. The Morgan fingerprint density at radius 3 is 2.31 bits per heavy atom. The zero-order chi connectivity index (χ0) is 22.3. The molecule has 0 radical (unpaired) electrons. The lowest BCUT2D eigenvalue weighted by Crippen LogP contribution is -2.48. The van der Waals surface area contributed by atoms with Crippen LogP contribution in [-0.2, 0) is 14.8 Å². The highest BCUT2D eigenvalue weighted by Crippen LogP contribution is 2.27. The number of hydrogen-bond acceptors (Lipinski definition) is 5. The number of anilines is 2. The topological polar surface area (TPSA) is 73.8 Å². The van der Waals surface area contributed by atoms with Gasteiger partial charge in [-0.1, -0.05) is 18.2 Å². The fraction of sp³-hybridized carbons (Fsp3) is 0.333. The van der Waals surface area contributed by atoms with Gasteiger partial charge in [0.2, 0.25) is 15.9 Å². The van der Waals surface area contributed by atoms with Crippen molar-refractivity contribution in [2.24, 2.45) is 0 Å². The molecule has 3 aromatic rings. The smallest absolute Gasteiger partial charge is 0.243 e. The molecule has 0 bridgehead atoms. The number of benzene rings is 2. The van der Waals surface area contributed by atoms with Crippen LogP contribution in [0.5, 0.6) is 0 Å². The SMILES string of the molecule is Cc1cc(N2CCN(S(=O)(=O)c3ccc(N4CCCC4=O)cc3)CC2)nc2ccccc12. The third-order valence-corrected chi connectivity index (χ3v) is 8.24. The number of amides is 1. The number of carbonyl (C=O) groups is 1. The van der Waals surface area contributed by atoms with Gasteiger partial charge in [0.15, 0.2) is 0 Å². The highest BCUT2D eigenvalue weighted by Gasteiger charge is 2.30. The van der Waals surface area contributed by atoms with Crippen LogP contribution < -0.4 is 9.80 Å². The molecule has 166 valence electrons. The number of fused-ring (bicyclic) bond motifs is 1. The minimum absolute atomic E-state index is 0.0919. The van der Waals surface area contributed by atoms with Crippen LogP contribution >= 0.6 is 0 Å². The number of aromatic nitrogens is 1. The van der Waals surface area contributed by atoms with Crippen molar-refractivity contribution >= 4 is 38.3 Å². The zero-order valence-electron chi connectivity index (χ0n) is 18.1. The summed E-state index contributed by atoms with van der Waals surface area (Å²) >= 11 is 0. The van der Waals surface area contributed by atoms with Crippen molar-refractivity contribution in [1.82, 2.24) is 9.29 Å². The minimum atomic E-state index is -3.58. The molecule has 8 heteroatoms. The van der Waals surface area contributed by atoms with E-state index in [9.17, 15) is 13.2 Å². The first-order valence-corrected chi connectivity index (χ1v) is 12.4. The summed E-state index contributed by atoms with van der Waals surface area (Å²) in [5.41, 5.74) is 2.88. The Hall–Kier alpha value is -2.97. The van der Waals surface area contributed by atoms with Crippen LogP contribution in [0.3, 0.4) is 0 Å². The lowest BCUT2D eigenvalue weighted by atomic mass is 10.1. The molecular weight excluding hydrogens is 424 g/mol. The van der Waals surface area contributed by atoms with Crippen LogP contribution in [0.4, 0.5) is 11.5 Å². The molecule has 2 saturated heterocycles. The summed E-state index contributed by atoms with van der Waals surface area (Å²) in [4.78, 5) is 20.8. The van der Waals surface area contributed by atoms with Crippen LogP contribution in [0, 0.1) is 6.92 Å². The van der Waals surface area contributed by atoms with Gasteiger partial charge in [0.25, 0.3) is 0 Å². The van der Waals surface area contributed by atoms with Crippen molar-refractivity contribution < 1.29 is 13.2 Å². The molecule has 0 N–H and O–H groups in total. The quantitative estimate of drug-likeness (QED) is 0.610. The first kappa shape index (κ1) is 20.9. The van der Waals surface area contributed by atoms with Gasteiger partial charge in [-0.15, -0.1) is 0 Å². The summed E-state index contributed by atoms with van der Waals surface area (Å²) in [7, 11) is -3.58. The first-order chi connectivity index (χ1) is 15.4. The third-order valence-electron chi connectivity index (χ3n) is 6.33.